The maximum atomic E-state index is 13.7. The van der Waals surface area contributed by atoms with Crippen LogP contribution in [0.5, 0.6) is 0 Å². The third kappa shape index (κ3) is 4.56. The molecule has 1 N–H and O–H groups in total. The summed E-state index contributed by atoms with van der Waals surface area (Å²) >= 11 is 0. The van der Waals surface area contributed by atoms with Crippen molar-refractivity contribution in [3.63, 3.8) is 0 Å². The minimum absolute atomic E-state index is 0.0450. The molecule has 2 fully saturated rings. The average Bonchev–Trinajstić information content (AvgIpc) is 3.34. The minimum atomic E-state index is -2.78. The molecule has 4 heterocycles. The molecule has 3 aromatic rings. The van der Waals surface area contributed by atoms with Gasteiger partial charge in [-0.05, 0) is 31.7 Å². The summed E-state index contributed by atoms with van der Waals surface area (Å²) in [6.07, 6.45) is 11.7. The monoisotopic (exact) mass is 457 g/mol. The molecule has 2 aliphatic rings. The average molecular weight is 458 g/mol. The third-order valence-electron chi connectivity index (χ3n) is 6.69. The first-order chi connectivity index (χ1) is 16.1. The van der Waals surface area contributed by atoms with Crippen molar-refractivity contribution in [3.8, 4) is 0 Å². The van der Waals surface area contributed by atoms with Gasteiger partial charge in [0.2, 0.25) is 0 Å². The van der Waals surface area contributed by atoms with E-state index in [4.69, 9.17) is 4.98 Å². The molecule has 1 aliphatic heterocycles. The fourth-order valence-electron chi connectivity index (χ4n) is 4.88. The van der Waals surface area contributed by atoms with Crippen LogP contribution >= 0.6 is 0 Å². The van der Waals surface area contributed by atoms with Crippen molar-refractivity contribution in [2.45, 2.75) is 70.3 Å². The quantitative estimate of drug-likeness (QED) is 0.583. The highest BCUT2D eigenvalue weighted by Crippen LogP contribution is 2.32. The van der Waals surface area contributed by atoms with E-state index in [2.05, 4.69) is 20.4 Å². The standard InChI is InChI=1S/C23H29F2N7O/c24-21(25)20-18(15-32(29-20)16-8-4-3-5-9-16)27-23(33)17-14-26-31-13-10-19(28-22(17)31)30-11-6-1-2-7-12-30/h10,13-16,21H,1-9,11-12H2,(H,27,33). The van der Waals surface area contributed by atoms with Gasteiger partial charge in [-0.3, -0.25) is 9.48 Å². The molecular formula is C23H29F2N7O. The number of carbonyl (C=O) groups is 1. The van der Waals surface area contributed by atoms with Gasteiger partial charge in [0.05, 0.1) is 17.9 Å². The van der Waals surface area contributed by atoms with Crippen molar-refractivity contribution >= 4 is 23.1 Å². The predicted octanol–water partition coefficient (Wildman–Crippen LogP) is 5.00. The molecule has 1 aliphatic carbocycles. The summed E-state index contributed by atoms with van der Waals surface area (Å²) in [5.41, 5.74) is 0.303. The fourth-order valence-corrected chi connectivity index (χ4v) is 4.88. The Balaban J connectivity index is 1.41. The van der Waals surface area contributed by atoms with Gasteiger partial charge in [0.1, 0.15) is 11.4 Å². The molecule has 0 bridgehead atoms. The molecule has 176 valence electrons. The number of hydrogen-bond donors (Lipinski definition) is 1. The topological polar surface area (TPSA) is 80.3 Å². The van der Waals surface area contributed by atoms with Crippen molar-refractivity contribution in [2.24, 2.45) is 0 Å². The van der Waals surface area contributed by atoms with Gasteiger partial charge >= 0.3 is 0 Å². The smallest absolute Gasteiger partial charge is 0.284 e. The van der Waals surface area contributed by atoms with Crippen LogP contribution in [0.4, 0.5) is 20.3 Å². The van der Waals surface area contributed by atoms with Crippen molar-refractivity contribution in [1.29, 1.82) is 0 Å². The Morgan fingerprint density at radius 1 is 1.06 bits per heavy atom. The Labute approximate surface area is 191 Å². The second kappa shape index (κ2) is 9.44. The van der Waals surface area contributed by atoms with Crippen molar-refractivity contribution < 1.29 is 13.6 Å². The number of anilines is 2. The van der Waals surface area contributed by atoms with Crippen molar-refractivity contribution in [1.82, 2.24) is 24.4 Å². The molecule has 33 heavy (non-hydrogen) atoms. The number of halogens is 2. The van der Waals surface area contributed by atoms with Gasteiger partial charge in [0.25, 0.3) is 12.3 Å². The molecule has 1 saturated carbocycles. The van der Waals surface area contributed by atoms with Gasteiger partial charge in [-0.15, -0.1) is 0 Å². The van der Waals surface area contributed by atoms with Crippen LogP contribution in [0.3, 0.4) is 0 Å². The summed E-state index contributed by atoms with van der Waals surface area (Å²) in [5.74, 6) is 0.285. The van der Waals surface area contributed by atoms with Crippen LogP contribution in [-0.2, 0) is 0 Å². The van der Waals surface area contributed by atoms with Crippen LogP contribution in [0.1, 0.15) is 86.3 Å². The summed E-state index contributed by atoms with van der Waals surface area (Å²) in [5, 5.41) is 11.0. The summed E-state index contributed by atoms with van der Waals surface area (Å²) in [6, 6.07) is 1.99. The second-order valence-corrected chi connectivity index (χ2v) is 8.97. The maximum absolute atomic E-state index is 13.7. The lowest BCUT2D eigenvalue weighted by molar-refractivity contribution is 0.102. The van der Waals surface area contributed by atoms with Gasteiger partial charge in [0.15, 0.2) is 11.3 Å². The van der Waals surface area contributed by atoms with E-state index in [1.807, 2.05) is 6.07 Å². The fraction of sp³-hybridized carbons (Fsp3) is 0.565. The van der Waals surface area contributed by atoms with Gasteiger partial charge in [0, 0.05) is 25.5 Å². The van der Waals surface area contributed by atoms with E-state index in [1.165, 1.54) is 29.8 Å². The zero-order valence-electron chi connectivity index (χ0n) is 18.6. The van der Waals surface area contributed by atoms with Gasteiger partial charge < -0.3 is 10.2 Å². The van der Waals surface area contributed by atoms with E-state index in [-0.39, 0.29) is 17.3 Å². The molecule has 5 rings (SSSR count). The third-order valence-corrected chi connectivity index (χ3v) is 6.69. The van der Waals surface area contributed by atoms with E-state index in [1.54, 1.807) is 10.9 Å². The molecule has 0 atom stereocenters. The van der Waals surface area contributed by atoms with Gasteiger partial charge in [-0.2, -0.15) is 10.2 Å². The number of hydrogen-bond acceptors (Lipinski definition) is 5. The number of fused-ring (bicyclic) bond motifs is 1. The van der Waals surface area contributed by atoms with Gasteiger partial charge in [-0.25, -0.2) is 18.3 Å². The number of aromatic nitrogens is 5. The van der Waals surface area contributed by atoms with E-state index in [0.29, 0.717) is 5.65 Å². The largest absolute Gasteiger partial charge is 0.357 e. The molecule has 1 amide bonds. The Morgan fingerprint density at radius 3 is 2.52 bits per heavy atom. The highest BCUT2D eigenvalue weighted by atomic mass is 19.3. The van der Waals surface area contributed by atoms with Crippen LogP contribution in [0.25, 0.3) is 5.65 Å². The number of carbonyl (C=O) groups excluding carboxylic acids is 1. The molecule has 8 nitrogen and oxygen atoms in total. The molecule has 10 heteroatoms. The highest BCUT2D eigenvalue weighted by Gasteiger charge is 2.25. The van der Waals surface area contributed by atoms with E-state index in [0.717, 1.165) is 63.9 Å². The van der Waals surface area contributed by atoms with Crippen LogP contribution in [0.2, 0.25) is 0 Å². The molecule has 0 unspecified atom stereocenters. The number of nitrogens with zero attached hydrogens (tertiary/aromatic N) is 6. The van der Waals surface area contributed by atoms with E-state index in [9.17, 15) is 13.6 Å². The number of alkyl halides is 2. The maximum Gasteiger partial charge on any atom is 0.284 e. The SMILES string of the molecule is O=C(Nc1cn(C2CCCCC2)nc1C(F)F)c1cnn2ccc(N3CCCCCC3)nc12. The van der Waals surface area contributed by atoms with E-state index < -0.39 is 18.0 Å². The summed E-state index contributed by atoms with van der Waals surface area (Å²) in [7, 11) is 0. The van der Waals surface area contributed by atoms with Crippen LogP contribution in [-0.4, -0.2) is 43.4 Å². The van der Waals surface area contributed by atoms with Crippen molar-refractivity contribution in [2.75, 3.05) is 23.3 Å². The Hall–Kier alpha value is -3.04. The first-order valence-corrected chi connectivity index (χ1v) is 11.9. The van der Waals surface area contributed by atoms with Gasteiger partial charge in [-0.1, -0.05) is 32.1 Å². The minimum Gasteiger partial charge on any atom is -0.357 e. The first kappa shape index (κ1) is 21.8. The lowest BCUT2D eigenvalue weighted by Crippen LogP contribution is -2.25. The Kier molecular flexibility index (Phi) is 6.24. The molecule has 0 spiro atoms. The summed E-state index contributed by atoms with van der Waals surface area (Å²) in [4.78, 5) is 20.0. The molecule has 1 saturated heterocycles. The van der Waals surface area contributed by atoms with Crippen LogP contribution < -0.4 is 10.2 Å². The van der Waals surface area contributed by atoms with E-state index >= 15 is 0 Å². The Morgan fingerprint density at radius 2 is 1.79 bits per heavy atom. The summed E-state index contributed by atoms with van der Waals surface area (Å²) in [6.45, 7) is 1.86. The normalized spacial score (nSPS) is 18.1. The first-order valence-electron chi connectivity index (χ1n) is 11.9. The second-order valence-electron chi connectivity index (χ2n) is 8.97. The molecule has 3 aromatic heterocycles. The van der Waals surface area contributed by atoms with Crippen LogP contribution in [0.15, 0.2) is 24.7 Å². The number of rotatable bonds is 5. The number of nitrogens with one attached hydrogen (secondary N) is 1. The molecule has 0 aromatic carbocycles. The summed E-state index contributed by atoms with van der Waals surface area (Å²) < 4.78 is 30.5. The number of amides is 1. The predicted molar refractivity (Wildman–Crippen MR) is 121 cm³/mol. The van der Waals surface area contributed by atoms with Crippen molar-refractivity contribution in [3.05, 3.63) is 35.9 Å². The van der Waals surface area contributed by atoms with Crippen LogP contribution in [0, 0.1) is 0 Å². The lowest BCUT2D eigenvalue weighted by atomic mass is 9.96. The zero-order valence-corrected chi connectivity index (χ0v) is 18.6. The lowest BCUT2D eigenvalue weighted by Gasteiger charge is -2.21. The zero-order chi connectivity index (χ0) is 22.8. The Bertz CT molecular complexity index is 1110. The molecular weight excluding hydrogens is 428 g/mol. The molecule has 0 radical (unpaired) electrons. The highest BCUT2D eigenvalue weighted by molar-refractivity contribution is 6.08.